The van der Waals surface area contributed by atoms with Gasteiger partial charge in [-0.2, -0.15) is 0 Å². The summed E-state index contributed by atoms with van der Waals surface area (Å²) in [4.78, 5) is 2.69. The van der Waals surface area contributed by atoms with Crippen LogP contribution in [0.2, 0.25) is 0 Å². The van der Waals surface area contributed by atoms with Gasteiger partial charge in [0.25, 0.3) is 0 Å². The van der Waals surface area contributed by atoms with Crippen molar-refractivity contribution in [2.45, 2.75) is 38.6 Å². The molecule has 3 heteroatoms. The Morgan fingerprint density at radius 1 is 1.29 bits per heavy atom. The van der Waals surface area contributed by atoms with Crippen molar-refractivity contribution in [1.82, 2.24) is 4.90 Å². The molecule has 1 aliphatic heterocycles. The summed E-state index contributed by atoms with van der Waals surface area (Å²) in [5, 5.41) is 0. The van der Waals surface area contributed by atoms with Gasteiger partial charge in [-0.05, 0) is 73.9 Å². The molecule has 2 aliphatic rings. The molecule has 1 aromatic rings. The second-order valence-electron chi connectivity index (χ2n) is 6.79. The van der Waals surface area contributed by atoms with Crippen LogP contribution >= 0.6 is 0 Å². The normalized spacial score (nSPS) is 30.0. The third-order valence-electron chi connectivity index (χ3n) is 5.58. The highest BCUT2D eigenvalue weighted by Gasteiger charge is 2.31. The van der Waals surface area contributed by atoms with Gasteiger partial charge < -0.3 is 10.5 Å². The summed E-state index contributed by atoms with van der Waals surface area (Å²) in [6, 6.07) is 7.25. The summed E-state index contributed by atoms with van der Waals surface area (Å²) in [6.07, 6.45) is 4.94. The van der Waals surface area contributed by atoms with Crippen LogP contribution in [0.4, 0.5) is 0 Å². The molecule has 0 bridgehead atoms. The van der Waals surface area contributed by atoms with Crippen molar-refractivity contribution >= 4 is 0 Å². The number of hydrogen-bond acceptors (Lipinski definition) is 3. The molecule has 3 rings (SSSR count). The van der Waals surface area contributed by atoms with Gasteiger partial charge in [0.15, 0.2) is 0 Å². The van der Waals surface area contributed by atoms with Crippen molar-refractivity contribution in [1.29, 1.82) is 0 Å². The molecule has 0 radical (unpaired) electrons. The van der Waals surface area contributed by atoms with Gasteiger partial charge in [-0.1, -0.05) is 13.0 Å². The molecule has 0 saturated carbocycles. The van der Waals surface area contributed by atoms with Crippen LogP contribution in [0.25, 0.3) is 0 Å². The number of likely N-dealkylation sites (tertiary alicyclic amines) is 1. The first-order valence-electron chi connectivity index (χ1n) is 8.31. The summed E-state index contributed by atoms with van der Waals surface area (Å²) >= 11 is 0. The van der Waals surface area contributed by atoms with Crippen LogP contribution in [0.5, 0.6) is 5.75 Å². The topological polar surface area (TPSA) is 38.5 Å². The van der Waals surface area contributed by atoms with Gasteiger partial charge in [-0.15, -0.1) is 0 Å². The van der Waals surface area contributed by atoms with E-state index < -0.39 is 0 Å². The van der Waals surface area contributed by atoms with Gasteiger partial charge in [0.05, 0.1) is 7.11 Å². The first-order chi connectivity index (χ1) is 10.2. The Bertz CT molecular complexity index is 488. The van der Waals surface area contributed by atoms with Crippen LogP contribution in [0.15, 0.2) is 18.2 Å². The number of hydrogen-bond donors (Lipinski definition) is 1. The summed E-state index contributed by atoms with van der Waals surface area (Å²) in [5.74, 6) is 2.44. The number of rotatable bonds is 3. The number of methoxy groups -OCH3 is 1. The highest BCUT2D eigenvalue weighted by molar-refractivity contribution is 5.37. The van der Waals surface area contributed by atoms with E-state index in [2.05, 4.69) is 30.0 Å². The van der Waals surface area contributed by atoms with Gasteiger partial charge in [0.2, 0.25) is 0 Å². The molecule has 3 nitrogen and oxygen atoms in total. The molecule has 21 heavy (non-hydrogen) atoms. The molecule has 3 atom stereocenters. The van der Waals surface area contributed by atoms with Crippen molar-refractivity contribution in [2.24, 2.45) is 17.6 Å². The zero-order valence-corrected chi connectivity index (χ0v) is 13.3. The number of fused-ring (bicyclic) bond motifs is 1. The first kappa shape index (κ1) is 14.9. The van der Waals surface area contributed by atoms with Crippen LogP contribution in [0.3, 0.4) is 0 Å². The molecule has 1 aliphatic carbocycles. The third-order valence-corrected chi connectivity index (χ3v) is 5.58. The summed E-state index contributed by atoms with van der Waals surface area (Å²) in [6.45, 7) is 5.61. The molecule has 116 valence electrons. The smallest absolute Gasteiger partial charge is 0.119 e. The van der Waals surface area contributed by atoms with Crippen LogP contribution in [-0.4, -0.2) is 37.7 Å². The van der Waals surface area contributed by atoms with Gasteiger partial charge in [-0.25, -0.2) is 0 Å². The van der Waals surface area contributed by atoms with Crippen LogP contribution in [0.1, 0.15) is 30.9 Å². The lowest BCUT2D eigenvalue weighted by Crippen LogP contribution is -2.49. The monoisotopic (exact) mass is 288 g/mol. The van der Waals surface area contributed by atoms with Gasteiger partial charge >= 0.3 is 0 Å². The van der Waals surface area contributed by atoms with Crippen LogP contribution in [-0.2, 0) is 12.8 Å². The average Bonchev–Trinajstić information content (AvgIpc) is 2.54. The number of piperidine rings is 1. The molecule has 3 unspecified atom stereocenters. The van der Waals surface area contributed by atoms with E-state index in [0.29, 0.717) is 12.0 Å². The molecule has 1 aromatic carbocycles. The van der Waals surface area contributed by atoms with Gasteiger partial charge in [0, 0.05) is 12.6 Å². The van der Waals surface area contributed by atoms with E-state index in [1.807, 2.05) is 0 Å². The predicted octanol–water partition coefficient (Wildman–Crippen LogP) is 2.47. The van der Waals surface area contributed by atoms with E-state index in [9.17, 15) is 0 Å². The lowest BCUT2D eigenvalue weighted by Gasteiger charge is -2.42. The Balaban J connectivity index is 1.70. The fraction of sp³-hybridized carbons (Fsp3) is 0.667. The zero-order valence-electron chi connectivity index (χ0n) is 13.3. The second-order valence-corrected chi connectivity index (χ2v) is 6.79. The number of ether oxygens (including phenoxy) is 1. The van der Waals surface area contributed by atoms with Crippen molar-refractivity contribution in [2.75, 3.05) is 26.7 Å². The van der Waals surface area contributed by atoms with Gasteiger partial charge in [-0.3, -0.25) is 4.90 Å². The Kier molecular flexibility index (Phi) is 4.51. The maximum Gasteiger partial charge on any atom is 0.119 e. The molecular weight excluding hydrogens is 260 g/mol. The molecule has 1 fully saturated rings. The van der Waals surface area contributed by atoms with Gasteiger partial charge in [0.1, 0.15) is 5.75 Å². The molecule has 1 saturated heterocycles. The molecule has 0 aromatic heterocycles. The highest BCUT2D eigenvalue weighted by Crippen LogP contribution is 2.31. The minimum atomic E-state index is 0.672. The number of aryl methyl sites for hydroxylation is 1. The second kappa shape index (κ2) is 6.37. The first-order valence-corrected chi connectivity index (χ1v) is 8.31. The fourth-order valence-corrected chi connectivity index (χ4v) is 3.97. The van der Waals surface area contributed by atoms with Crippen LogP contribution < -0.4 is 10.5 Å². The van der Waals surface area contributed by atoms with Crippen molar-refractivity contribution < 1.29 is 4.74 Å². The van der Waals surface area contributed by atoms with E-state index in [4.69, 9.17) is 10.5 Å². The maximum absolute atomic E-state index is 5.96. The van der Waals surface area contributed by atoms with Crippen LogP contribution in [0, 0.1) is 11.8 Å². The highest BCUT2D eigenvalue weighted by atomic mass is 16.5. The molecule has 2 N–H and O–H groups in total. The van der Waals surface area contributed by atoms with Crippen molar-refractivity contribution in [3.05, 3.63) is 29.3 Å². The Morgan fingerprint density at radius 3 is 2.90 bits per heavy atom. The summed E-state index contributed by atoms with van der Waals surface area (Å²) < 4.78 is 5.38. The number of nitrogens with zero attached hydrogens (tertiary/aromatic N) is 1. The number of nitrogens with two attached hydrogens (primary N) is 1. The largest absolute Gasteiger partial charge is 0.497 e. The van der Waals surface area contributed by atoms with E-state index in [0.717, 1.165) is 24.6 Å². The standard InChI is InChI=1S/C18H28N2O/c1-13-7-8-20(12-16(13)11-19)17-5-3-14-4-6-18(21-2)10-15(14)9-17/h4,6,10,13,16-17H,3,5,7-9,11-12,19H2,1-2H3. The average molecular weight is 288 g/mol. The Labute approximate surface area is 128 Å². The minimum Gasteiger partial charge on any atom is -0.497 e. The third kappa shape index (κ3) is 3.09. The molecular formula is C18H28N2O. The van der Waals surface area contributed by atoms with E-state index in [1.165, 1.54) is 43.5 Å². The lowest BCUT2D eigenvalue weighted by molar-refractivity contribution is 0.0840. The maximum atomic E-state index is 5.96. The minimum absolute atomic E-state index is 0.672. The SMILES string of the molecule is COc1ccc2c(c1)CC(N1CCC(C)C(CN)C1)CC2. The van der Waals surface area contributed by atoms with E-state index >= 15 is 0 Å². The quantitative estimate of drug-likeness (QED) is 0.928. The Morgan fingerprint density at radius 2 is 2.14 bits per heavy atom. The molecule has 0 amide bonds. The molecule has 1 heterocycles. The predicted molar refractivity (Wildman–Crippen MR) is 86.7 cm³/mol. The van der Waals surface area contributed by atoms with Crippen molar-refractivity contribution in [3.8, 4) is 5.75 Å². The zero-order chi connectivity index (χ0) is 14.8. The summed E-state index contributed by atoms with van der Waals surface area (Å²) in [7, 11) is 1.75. The lowest BCUT2D eigenvalue weighted by atomic mass is 9.82. The van der Waals surface area contributed by atoms with Crippen molar-refractivity contribution in [3.63, 3.8) is 0 Å². The van der Waals surface area contributed by atoms with E-state index in [1.54, 1.807) is 7.11 Å². The Hall–Kier alpha value is -1.06. The van der Waals surface area contributed by atoms with E-state index in [-0.39, 0.29) is 0 Å². The molecule has 0 spiro atoms. The fourth-order valence-electron chi connectivity index (χ4n) is 3.97. The summed E-state index contributed by atoms with van der Waals surface area (Å²) in [5.41, 5.74) is 8.94. The number of benzene rings is 1.